The van der Waals surface area contributed by atoms with E-state index in [4.69, 9.17) is 10.3 Å². The monoisotopic (exact) mass is 317 g/mol. The highest BCUT2D eigenvalue weighted by Gasteiger charge is 2.17. The predicted molar refractivity (Wildman–Crippen MR) is 85.4 cm³/mol. The molecule has 0 amide bonds. The Hall–Kier alpha value is -1.63. The summed E-state index contributed by atoms with van der Waals surface area (Å²) in [6, 6.07) is 11.9. The first-order valence-electron chi connectivity index (χ1n) is 6.54. The van der Waals surface area contributed by atoms with Gasteiger partial charge in [-0.2, -0.15) is 4.98 Å². The second-order valence-electron chi connectivity index (χ2n) is 4.60. The third kappa shape index (κ3) is 3.34. The second kappa shape index (κ2) is 6.43. The molecule has 1 aromatic carbocycles. The maximum Gasteiger partial charge on any atom is 0.249 e. The number of nitrogens with two attached hydrogens (primary N) is 1. The van der Waals surface area contributed by atoms with Gasteiger partial charge in [0.15, 0.2) is 5.82 Å². The molecule has 4 nitrogen and oxygen atoms in total. The molecule has 3 aromatic rings. The van der Waals surface area contributed by atoms with Gasteiger partial charge in [0.25, 0.3) is 0 Å². The molecule has 108 valence electrons. The molecule has 21 heavy (non-hydrogen) atoms. The minimum absolute atomic E-state index is 0.338. The van der Waals surface area contributed by atoms with E-state index in [1.54, 1.807) is 23.1 Å². The van der Waals surface area contributed by atoms with Crippen molar-refractivity contribution in [3.05, 3.63) is 63.9 Å². The third-order valence-corrected chi connectivity index (χ3v) is 5.18. The lowest BCUT2D eigenvalue weighted by molar-refractivity contribution is 0.364. The first kappa shape index (κ1) is 14.3. The normalized spacial score (nSPS) is 12.5. The van der Waals surface area contributed by atoms with Gasteiger partial charge in [-0.25, -0.2) is 0 Å². The van der Waals surface area contributed by atoms with E-state index in [0.717, 1.165) is 4.88 Å². The van der Waals surface area contributed by atoms with E-state index >= 15 is 0 Å². The van der Waals surface area contributed by atoms with Crippen molar-refractivity contribution in [3.8, 4) is 0 Å². The molecule has 2 aromatic heterocycles. The maximum atomic E-state index is 6.11. The van der Waals surface area contributed by atoms with Gasteiger partial charge in [-0.15, -0.1) is 23.1 Å². The molecule has 0 saturated heterocycles. The van der Waals surface area contributed by atoms with Crippen molar-refractivity contribution in [2.45, 2.75) is 23.6 Å². The molecule has 2 heterocycles. The number of aryl methyl sites for hydroxylation is 1. The van der Waals surface area contributed by atoms with Crippen molar-refractivity contribution in [2.24, 2.45) is 5.73 Å². The Labute approximate surface area is 131 Å². The Morgan fingerprint density at radius 2 is 2.14 bits per heavy atom. The van der Waals surface area contributed by atoms with Crippen LogP contribution >= 0.6 is 23.1 Å². The fourth-order valence-corrected chi connectivity index (χ4v) is 3.49. The molecule has 0 bridgehead atoms. The summed E-state index contributed by atoms with van der Waals surface area (Å²) in [6.45, 7) is 2.09. The number of rotatable bonds is 5. The van der Waals surface area contributed by atoms with Crippen LogP contribution in [0.1, 0.15) is 28.2 Å². The van der Waals surface area contributed by atoms with Gasteiger partial charge in [0.05, 0.1) is 5.75 Å². The Balaban J connectivity index is 1.67. The number of hydrogen-bond donors (Lipinski definition) is 1. The van der Waals surface area contributed by atoms with Crippen LogP contribution < -0.4 is 5.73 Å². The zero-order valence-electron chi connectivity index (χ0n) is 11.5. The maximum absolute atomic E-state index is 6.11. The summed E-state index contributed by atoms with van der Waals surface area (Å²) in [7, 11) is 0. The molecule has 0 radical (unpaired) electrons. The molecule has 6 heteroatoms. The fourth-order valence-electron chi connectivity index (χ4n) is 1.90. The van der Waals surface area contributed by atoms with Crippen LogP contribution in [0.2, 0.25) is 0 Å². The van der Waals surface area contributed by atoms with Crippen molar-refractivity contribution in [1.29, 1.82) is 0 Å². The van der Waals surface area contributed by atoms with Gasteiger partial charge in [0.1, 0.15) is 6.04 Å². The molecule has 0 saturated carbocycles. The molecule has 0 aliphatic heterocycles. The summed E-state index contributed by atoms with van der Waals surface area (Å²) in [5.74, 6) is 1.81. The molecule has 2 N–H and O–H groups in total. The highest BCUT2D eigenvalue weighted by atomic mass is 32.2. The zero-order chi connectivity index (χ0) is 14.7. The van der Waals surface area contributed by atoms with E-state index in [9.17, 15) is 0 Å². The first-order valence-corrected chi connectivity index (χ1v) is 8.40. The molecule has 0 spiro atoms. The molecular weight excluding hydrogens is 302 g/mol. The van der Waals surface area contributed by atoms with E-state index < -0.39 is 0 Å². The lowest BCUT2D eigenvalue weighted by Crippen LogP contribution is -2.10. The van der Waals surface area contributed by atoms with Gasteiger partial charge >= 0.3 is 0 Å². The number of nitrogens with zero attached hydrogens (tertiary/aromatic N) is 2. The molecule has 1 unspecified atom stereocenters. The number of thioether (sulfide) groups is 1. The summed E-state index contributed by atoms with van der Waals surface area (Å²) in [5, 5.41) is 6.00. The lowest BCUT2D eigenvalue weighted by atomic mass is 10.2. The third-order valence-electron chi connectivity index (χ3n) is 3.05. The van der Waals surface area contributed by atoms with E-state index in [2.05, 4.69) is 29.2 Å². The summed E-state index contributed by atoms with van der Waals surface area (Å²) >= 11 is 3.29. The summed E-state index contributed by atoms with van der Waals surface area (Å²) < 4.78 is 5.28. The molecule has 0 aliphatic carbocycles. The summed E-state index contributed by atoms with van der Waals surface area (Å²) in [5.41, 5.74) is 7.36. The first-order chi connectivity index (χ1) is 10.2. The van der Waals surface area contributed by atoms with Gasteiger partial charge in [-0.05, 0) is 30.0 Å². The van der Waals surface area contributed by atoms with Crippen LogP contribution in [0.3, 0.4) is 0 Å². The van der Waals surface area contributed by atoms with E-state index in [1.807, 2.05) is 29.6 Å². The number of benzene rings is 1. The second-order valence-corrected chi connectivity index (χ2v) is 6.59. The number of hydrogen-bond acceptors (Lipinski definition) is 6. The topological polar surface area (TPSA) is 64.9 Å². The molecule has 0 fully saturated rings. The quantitative estimate of drug-likeness (QED) is 0.725. The van der Waals surface area contributed by atoms with Crippen LogP contribution in [0.25, 0.3) is 0 Å². The molecule has 0 aliphatic rings. The van der Waals surface area contributed by atoms with Crippen molar-refractivity contribution >= 4 is 23.1 Å². The highest BCUT2D eigenvalue weighted by molar-refractivity contribution is 7.98. The van der Waals surface area contributed by atoms with Crippen LogP contribution in [-0.4, -0.2) is 10.1 Å². The average Bonchev–Trinajstić information content (AvgIpc) is 3.17. The summed E-state index contributed by atoms with van der Waals surface area (Å²) in [6.07, 6.45) is 0. The van der Waals surface area contributed by atoms with Gasteiger partial charge in [0, 0.05) is 9.77 Å². The number of thiophene rings is 1. The van der Waals surface area contributed by atoms with Crippen molar-refractivity contribution in [1.82, 2.24) is 10.1 Å². The van der Waals surface area contributed by atoms with Crippen LogP contribution in [-0.2, 0) is 5.75 Å². The van der Waals surface area contributed by atoms with Crippen LogP contribution in [0, 0.1) is 6.92 Å². The van der Waals surface area contributed by atoms with Gasteiger partial charge in [-0.1, -0.05) is 29.4 Å². The lowest BCUT2D eigenvalue weighted by Gasteiger charge is -2.02. The zero-order valence-corrected chi connectivity index (χ0v) is 13.2. The molecular formula is C15H15N3OS2. The van der Waals surface area contributed by atoms with Crippen LogP contribution in [0.15, 0.2) is 51.2 Å². The van der Waals surface area contributed by atoms with Crippen molar-refractivity contribution < 1.29 is 4.52 Å². The van der Waals surface area contributed by atoms with Crippen LogP contribution in [0.4, 0.5) is 0 Å². The van der Waals surface area contributed by atoms with Gasteiger partial charge in [0.2, 0.25) is 5.89 Å². The van der Waals surface area contributed by atoms with E-state index in [-0.39, 0.29) is 6.04 Å². The van der Waals surface area contributed by atoms with Gasteiger partial charge in [-0.3, -0.25) is 0 Å². The largest absolute Gasteiger partial charge is 0.337 e. The molecule has 1 atom stereocenters. The Kier molecular flexibility index (Phi) is 4.38. The summed E-state index contributed by atoms with van der Waals surface area (Å²) in [4.78, 5) is 6.65. The Bertz CT molecular complexity index is 709. The van der Waals surface area contributed by atoms with Crippen molar-refractivity contribution in [2.75, 3.05) is 0 Å². The average molecular weight is 317 g/mol. The van der Waals surface area contributed by atoms with Gasteiger partial charge < -0.3 is 10.3 Å². The van der Waals surface area contributed by atoms with E-state index in [0.29, 0.717) is 17.5 Å². The van der Waals surface area contributed by atoms with E-state index in [1.165, 1.54) is 10.5 Å². The van der Waals surface area contributed by atoms with Crippen molar-refractivity contribution in [3.63, 3.8) is 0 Å². The minimum Gasteiger partial charge on any atom is -0.337 e. The standard InChI is InChI=1S/C15H15N3OS2/c1-10-5-2-3-6-11(10)21-9-13-17-15(19-18-13)14(16)12-7-4-8-20-12/h2-8,14H,9,16H2,1H3. The SMILES string of the molecule is Cc1ccccc1SCc1noc(C(N)c2cccs2)n1. The minimum atomic E-state index is -0.338. The predicted octanol–water partition coefficient (Wildman–Crippen LogP) is 3.78. The molecule has 3 rings (SSSR count). The fraction of sp³-hybridized carbons (Fsp3) is 0.200. The Morgan fingerprint density at radius 1 is 1.29 bits per heavy atom. The number of aromatic nitrogens is 2. The smallest absolute Gasteiger partial charge is 0.249 e. The highest BCUT2D eigenvalue weighted by Crippen LogP contribution is 2.26. The Morgan fingerprint density at radius 3 is 2.90 bits per heavy atom. The van der Waals surface area contributed by atoms with Crippen LogP contribution in [0.5, 0.6) is 0 Å².